The lowest BCUT2D eigenvalue weighted by Gasteiger charge is -2.07. The van der Waals surface area contributed by atoms with Crippen LogP contribution in [0.1, 0.15) is 16.5 Å². The normalized spacial score (nSPS) is 21.7. The quantitative estimate of drug-likeness (QED) is 0.660. The summed E-state index contributed by atoms with van der Waals surface area (Å²) in [5.41, 5.74) is 2.54. The van der Waals surface area contributed by atoms with Gasteiger partial charge >= 0.3 is 5.97 Å². The number of aromatic carboxylic acids is 1. The minimum absolute atomic E-state index is 0.0580. The van der Waals surface area contributed by atoms with E-state index in [1.54, 1.807) is 12.1 Å². The highest BCUT2D eigenvalue weighted by atomic mass is 16.4. The summed E-state index contributed by atoms with van der Waals surface area (Å²) in [6.07, 6.45) is 2.71. The summed E-state index contributed by atoms with van der Waals surface area (Å²) in [6, 6.07) is -0.407. The number of nitrogens with zero attached hydrogens (tertiary/aromatic N) is 3. The Hall–Kier alpha value is -1.89. The molecular weight excluding hydrogens is 200 g/mol. The zero-order chi connectivity index (χ0) is 11.0. The Kier molecular flexibility index (Phi) is 2.16. The number of imidazole rings is 1. The molecule has 0 radical (unpaired) electrons. The summed E-state index contributed by atoms with van der Waals surface area (Å²) < 4.78 is 1.50. The monoisotopic (exact) mass is 210 g/mol. The van der Waals surface area contributed by atoms with Crippen molar-refractivity contribution in [2.24, 2.45) is 0 Å². The molecule has 1 fully saturated rings. The van der Waals surface area contributed by atoms with Crippen molar-refractivity contribution in [3.05, 3.63) is 18.2 Å². The van der Waals surface area contributed by atoms with Crippen molar-refractivity contribution in [3.63, 3.8) is 0 Å². The second-order valence-corrected chi connectivity index (χ2v) is 3.38. The number of amides is 1. The van der Waals surface area contributed by atoms with E-state index in [1.807, 2.05) is 0 Å². The van der Waals surface area contributed by atoms with Gasteiger partial charge in [-0.2, -0.15) is 0 Å². The summed E-state index contributed by atoms with van der Waals surface area (Å²) in [4.78, 5) is 25.7. The van der Waals surface area contributed by atoms with E-state index in [-0.39, 0.29) is 11.6 Å². The average molecular weight is 210 g/mol. The minimum atomic E-state index is -1.10. The molecule has 7 nitrogen and oxygen atoms in total. The number of nitrogens with one attached hydrogen (secondary N) is 1. The smallest absolute Gasteiger partial charge is 0.356 e. The lowest BCUT2D eigenvalue weighted by atomic mass is 10.3. The van der Waals surface area contributed by atoms with Gasteiger partial charge in [-0.1, -0.05) is 0 Å². The molecule has 80 valence electrons. The summed E-state index contributed by atoms with van der Waals surface area (Å²) in [5.74, 6) is -1.26. The number of hydrogen-bond acceptors (Lipinski definition) is 4. The average Bonchev–Trinajstić information content (AvgIpc) is 2.71. The van der Waals surface area contributed by atoms with Crippen molar-refractivity contribution in [3.8, 4) is 0 Å². The molecule has 1 amide bonds. The number of carbonyl (C=O) groups is 2. The van der Waals surface area contributed by atoms with E-state index in [9.17, 15) is 9.59 Å². The molecular formula is C8H10N4O3. The number of likely N-dealkylation sites (N-methyl/N-ethyl adjacent to an activating group) is 1. The molecule has 1 unspecified atom stereocenters. The molecule has 7 heteroatoms. The van der Waals surface area contributed by atoms with E-state index in [0.717, 1.165) is 0 Å². The Balaban J connectivity index is 2.23. The molecule has 0 bridgehead atoms. The van der Waals surface area contributed by atoms with Crippen LogP contribution >= 0.6 is 0 Å². The van der Waals surface area contributed by atoms with Gasteiger partial charge in [-0.3, -0.25) is 10.2 Å². The zero-order valence-corrected chi connectivity index (χ0v) is 8.04. The van der Waals surface area contributed by atoms with Gasteiger partial charge in [-0.25, -0.2) is 14.8 Å². The van der Waals surface area contributed by atoms with Crippen molar-refractivity contribution in [2.45, 2.75) is 6.04 Å². The molecule has 1 saturated heterocycles. The Morgan fingerprint density at radius 2 is 2.47 bits per heavy atom. The maximum Gasteiger partial charge on any atom is 0.356 e. The second-order valence-electron chi connectivity index (χ2n) is 3.38. The van der Waals surface area contributed by atoms with Gasteiger partial charge in [0.2, 0.25) is 0 Å². The maximum atomic E-state index is 11.4. The first-order valence-electron chi connectivity index (χ1n) is 4.36. The van der Waals surface area contributed by atoms with Crippen LogP contribution in [0.5, 0.6) is 0 Å². The first-order valence-corrected chi connectivity index (χ1v) is 4.36. The van der Waals surface area contributed by atoms with Crippen molar-refractivity contribution in [1.29, 1.82) is 0 Å². The largest absolute Gasteiger partial charge is 0.476 e. The van der Waals surface area contributed by atoms with Crippen LogP contribution in [-0.4, -0.2) is 45.1 Å². The molecule has 1 aromatic heterocycles. The zero-order valence-electron chi connectivity index (χ0n) is 8.04. The van der Waals surface area contributed by atoms with E-state index in [4.69, 9.17) is 5.11 Å². The first kappa shape index (κ1) is 9.66. The van der Waals surface area contributed by atoms with E-state index >= 15 is 0 Å². The molecule has 2 heterocycles. The molecule has 0 spiro atoms. The highest BCUT2D eigenvalue weighted by Gasteiger charge is 2.29. The van der Waals surface area contributed by atoms with E-state index in [0.29, 0.717) is 6.54 Å². The lowest BCUT2D eigenvalue weighted by Crippen LogP contribution is -2.28. The molecule has 1 aromatic rings. The Morgan fingerprint density at radius 1 is 1.73 bits per heavy atom. The van der Waals surface area contributed by atoms with E-state index in [2.05, 4.69) is 10.4 Å². The molecule has 0 saturated carbocycles. The number of hydrogen-bond donors (Lipinski definition) is 2. The topological polar surface area (TPSA) is 87.5 Å². The summed E-state index contributed by atoms with van der Waals surface area (Å²) in [7, 11) is 1.74. The molecule has 0 aliphatic carbocycles. The van der Waals surface area contributed by atoms with Crippen LogP contribution in [0.15, 0.2) is 12.5 Å². The van der Waals surface area contributed by atoms with Crippen molar-refractivity contribution >= 4 is 11.9 Å². The third-order valence-electron chi connectivity index (χ3n) is 2.23. The van der Waals surface area contributed by atoms with E-state index in [1.165, 1.54) is 17.1 Å². The van der Waals surface area contributed by atoms with Gasteiger partial charge in [-0.15, -0.1) is 0 Å². The maximum absolute atomic E-state index is 11.4. The molecule has 2 rings (SSSR count). The number of rotatable bonds is 2. The van der Waals surface area contributed by atoms with Crippen LogP contribution in [0.2, 0.25) is 0 Å². The van der Waals surface area contributed by atoms with Gasteiger partial charge in [0.15, 0.2) is 5.69 Å². The van der Waals surface area contributed by atoms with Crippen molar-refractivity contribution in [1.82, 2.24) is 20.0 Å². The van der Waals surface area contributed by atoms with Gasteiger partial charge in [0, 0.05) is 19.8 Å². The van der Waals surface area contributed by atoms with Crippen LogP contribution < -0.4 is 5.43 Å². The number of hydrazine groups is 1. The predicted octanol–water partition coefficient (Wildman–Crippen LogP) is -0.901. The number of carboxylic acids is 1. The highest BCUT2D eigenvalue weighted by molar-refractivity contribution is 5.85. The van der Waals surface area contributed by atoms with Crippen LogP contribution in [-0.2, 0) is 4.79 Å². The Bertz CT molecular complexity index is 414. The van der Waals surface area contributed by atoms with Crippen molar-refractivity contribution in [2.75, 3.05) is 13.6 Å². The molecule has 2 N–H and O–H groups in total. The van der Waals surface area contributed by atoms with Gasteiger partial charge in [0.25, 0.3) is 5.91 Å². The summed E-state index contributed by atoms with van der Waals surface area (Å²) in [5, 5.41) is 10.3. The molecule has 1 aliphatic rings. The summed E-state index contributed by atoms with van der Waals surface area (Å²) in [6.45, 7) is 0.494. The minimum Gasteiger partial charge on any atom is -0.476 e. The lowest BCUT2D eigenvalue weighted by molar-refractivity contribution is -0.123. The fraction of sp³-hybridized carbons (Fsp3) is 0.375. The first-order chi connectivity index (χ1) is 7.08. The van der Waals surface area contributed by atoms with Gasteiger partial charge < -0.3 is 9.67 Å². The van der Waals surface area contributed by atoms with E-state index < -0.39 is 12.0 Å². The second kappa shape index (κ2) is 3.35. The standard InChI is InChI=1S/C8H10N4O3/c1-11-3-6(7(13)10-11)12-2-5(8(14)15)9-4-12/h2,4,6H,3H2,1H3,(H,10,13)(H,14,15). The Morgan fingerprint density at radius 3 is 2.93 bits per heavy atom. The third-order valence-corrected chi connectivity index (χ3v) is 2.23. The SMILES string of the molecule is CN1CC(n2cnc(C(=O)O)c2)C(=O)N1. The van der Waals surface area contributed by atoms with Crippen LogP contribution in [0.25, 0.3) is 0 Å². The molecule has 1 aliphatic heterocycles. The number of aromatic nitrogens is 2. The third kappa shape index (κ3) is 1.68. The van der Waals surface area contributed by atoms with Crippen molar-refractivity contribution < 1.29 is 14.7 Å². The van der Waals surface area contributed by atoms with Crippen LogP contribution in [0, 0.1) is 0 Å². The highest BCUT2D eigenvalue weighted by Crippen LogP contribution is 2.13. The molecule has 0 aromatic carbocycles. The van der Waals surface area contributed by atoms with Gasteiger partial charge in [0.05, 0.1) is 6.33 Å². The molecule has 15 heavy (non-hydrogen) atoms. The van der Waals surface area contributed by atoms with Gasteiger partial charge in [0.1, 0.15) is 6.04 Å². The Labute approximate surface area is 85.3 Å². The molecule has 1 atom stereocenters. The fourth-order valence-corrected chi connectivity index (χ4v) is 1.50. The summed E-state index contributed by atoms with van der Waals surface area (Å²) >= 11 is 0. The van der Waals surface area contributed by atoms with Crippen LogP contribution in [0.3, 0.4) is 0 Å². The number of carbonyl (C=O) groups excluding carboxylic acids is 1. The predicted molar refractivity (Wildman–Crippen MR) is 49.0 cm³/mol. The van der Waals surface area contributed by atoms with Gasteiger partial charge in [-0.05, 0) is 0 Å². The van der Waals surface area contributed by atoms with Crippen LogP contribution in [0.4, 0.5) is 0 Å². The fourth-order valence-electron chi connectivity index (χ4n) is 1.50. The number of carboxylic acid groups (broad SMARTS) is 1.